The Hall–Kier alpha value is -2.17. The summed E-state index contributed by atoms with van der Waals surface area (Å²) in [4.78, 5) is 14.4. The molecule has 4 heteroatoms. The number of aryl methyl sites for hydroxylation is 1. The quantitative estimate of drug-likeness (QED) is 0.911. The van der Waals surface area contributed by atoms with Crippen molar-refractivity contribution in [1.82, 2.24) is 4.90 Å². The van der Waals surface area contributed by atoms with Crippen LogP contribution in [0, 0.1) is 12.8 Å². The van der Waals surface area contributed by atoms with Crippen LogP contribution in [-0.4, -0.2) is 46.8 Å². The second-order valence-corrected chi connectivity index (χ2v) is 6.45. The Morgan fingerprint density at radius 3 is 2.71 bits per heavy atom. The van der Waals surface area contributed by atoms with Crippen LogP contribution < -0.4 is 0 Å². The molecule has 2 atom stereocenters. The van der Waals surface area contributed by atoms with Gasteiger partial charge in [-0.15, -0.1) is 0 Å². The molecule has 2 aromatic rings. The number of aliphatic hydroxyl groups excluding tert-OH is 2. The van der Waals surface area contributed by atoms with Gasteiger partial charge in [0.2, 0.25) is 0 Å². The zero-order chi connectivity index (χ0) is 17.1. The lowest BCUT2D eigenvalue weighted by molar-refractivity contribution is 0.000879. The number of carbonyl (C=O) groups is 1. The summed E-state index contributed by atoms with van der Waals surface area (Å²) in [6, 6.07) is 15.7. The van der Waals surface area contributed by atoms with E-state index in [1.807, 2.05) is 36.4 Å². The van der Waals surface area contributed by atoms with Gasteiger partial charge in [0, 0.05) is 31.2 Å². The van der Waals surface area contributed by atoms with E-state index in [-0.39, 0.29) is 25.0 Å². The van der Waals surface area contributed by atoms with Gasteiger partial charge in [-0.2, -0.15) is 0 Å². The van der Waals surface area contributed by atoms with E-state index in [1.54, 1.807) is 4.90 Å². The van der Waals surface area contributed by atoms with E-state index < -0.39 is 6.10 Å². The third kappa shape index (κ3) is 3.35. The molecule has 1 fully saturated rings. The molecule has 0 saturated carbocycles. The molecule has 0 radical (unpaired) electrons. The monoisotopic (exact) mass is 325 g/mol. The molecule has 0 unspecified atom stereocenters. The maximum absolute atomic E-state index is 12.8. The lowest BCUT2D eigenvalue weighted by Crippen LogP contribution is -2.47. The number of benzene rings is 2. The summed E-state index contributed by atoms with van der Waals surface area (Å²) in [6.07, 6.45) is -0.0341. The van der Waals surface area contributed by atoms with Gasteiger partial charge in [-0.1, -0.05) is 36.4 Å². The normalized spacial score (nSPS) is 20.9. The molecule has 4 nitrogen and oxygen atoms in total. The van der Waals surface area contributed by atoms with Crippen LogP contribution in [0.3, 0.4) is 0 Å². The number of β-amino-alcohol motifs (C(OH)–C–C–N with tert-alkyl or cyclic N) is 1. The Kier molecular flexibility index (Phi) is 4.97. The Labute approximate surface area is 142 Å². The number of piperidine rings is 1. The molecule has 2 N–H and O–H groups in total. The number of amides is 1. The van der Waals surface area contributed by atoms with Crippen molar-refractivity contribution < 1.29 is 15.0 Å². The highest BCUT2D eigenvalue weighted by Gasteiger charge is 2.30. The second-order valence-electron chi connectivity index (χ2n) is 6.45. The minimum atomic E-state index is -0.660. The van der Waals surface area contributed by atoms with Crippen LogP contribution in [0.15, 0.2) is 48.5 Å². The van der Waals surface area contributed by atoms with E-state index >= 15 is 0 Å². The van der Waals surface area contributed by atoms with Gasteiger partial charge in [-0.05, 0) is 42.2 Å². The highest BCUT2D eigenvalue weighted by molar-refractivity contribution is 5.95. The summed E-state index contributed by atoms with van der Waals surface area (Å²) < 4.78 is 0. The van der Waals surface area contributed by atoms with E-state index in [0.717, 1.165) is 11.1 Å². The van der Waals surface area contributed by atoms with Crippen molar-refractivity contribution in [3.63, 3.8) is 0 Å². The first kappa shape index (κ1) is 16.7. The number of rotatable bonds is 3. The number of nitrogens with zero attached hydrogens (tertiary/aromatic N) is 1. The predicted molar refractivity (Wildman–Crippen MR) is 93.7 cm³/mol. The standard InChI is InChI=1S/C20H23NO3/c1-14-5-2-3-8-18(14)15-6-4-7-16(11-15)20(24)21-10-9-17(13-22)19(23)12-21/h2-8,11,17,19,22-23H,9-10,12-13H2,1H3/t17-,19+/m1/s1. The van der Waals surface area contributed by atoms with Crippen molar-refractivity contribution in [2.24, 2.45) is 5.92 Å². The van der Waals surface area contributed by atoms with Gasteiger partial charge in [-0.25, -0.2) is 0 Å². The maximum Gasteiger partial charge on any atom is 0.253 e. The number of hydrogen-bond acceptors (Lipinski definition) is 3. The Balaban J connectivity index is 1.82. The minimum absolute atomic E-state index is 0.0357. The molecule has 3 rings (SSSR count). The topological polar surface area (TPSA) is 60.8 Å². The molecule has 1 heterocycles. The molecule has 0 aromatic heterocycles. The Morgan fingerprint density at radius 1 is 1.21 bits per heavy atom. The van der Waals surface area contributed by atoms with Gasteiger partial charge < -0.3 is 15.1 Å². The van der Waals surface area contributed by atoms with E-state index in [1.165, 1.54) is 5.56 Å². The van der Waals surface area contributed by atoms with Crippen molar-refractivity contribution in [2.45, 2.75) is 19.4 Å². The molecule has 24 heavy (non-hydrogen) atoms. The number of aliphatic hydroxyl groups is 2. The fourth-order valence-corrected chi connectivity index (χ4v) is 3.28. The van der Waals surface area contributed by atoms with Crippen molar-refractivity contribution >= 4 is 5.91 Å². The SMILES string of the molecule is Cc1ccccc1-c1cccc(C(=O)N2CC[C@H](CO)[C@@H](O)C2)c1. The van der Waals surface area contributed by atoms with E-state index in [0.29, 0.717) is 18.5 Å². The average Bonchev–Trinajstić information content (AvgIpc) is 2.61. The summed E-state index contributed by atoms with van der Waals surface area (Å²) in [7, 11) is 0. The maximum atomic E-state index is 12.8. The first-order chi connectivity index (χ1) is 11.6. The number of hydrogen-bond donors (Lipinski definition) is 2. The van der Waals surface area contributed by atoms with Gasteiger partial charge in [0.05, 0.1) is 6.10 Å². The fourth-order valence-electron chi connectivity index (χ4n) is 3.28. The molecule has 1 amide bonds. The fraction of sp³-hybridized carbons (Fsp3) is 0.350. The molecule has 2 aromatic carbocycles. The summed E-state index contributed by atoms with van der Waals surface area (Å²) >= 11 is 0. The Morgan fingerprint density at radius 2 is 2.00 bits per heavy atom. The smallest absolute Gasteiger partial charge is 0.253 e. The first-order valence-corrected chi connectivity index (χ1v) is 8.34. The second kappa shape index (κ2) is 7.16. The van der Waals surface area contributed by atoms with Crippen molar-refractivity contribution in [3.05, 3.63) is 59.7 Å². The van der Waals surface area contributed by atoms with Crippen LogP contribution in [-0.2, 0) is 0 Å². The minimum Gasteiger partial charge on any atom is -0.396 e. The van der Waals surface area contributed by atoms with Gasteiger partial charge in [-0.3, -0.25) is 4.79 Å². The number of carbonyl (C=O) groups excluding carboxylic acids is 1. The molecule has 1 saturated heterocycles. The Bertz CT molecular complexity index is 728. The summed E-state index contributed by atoms with van der Waals surface area (Å²) in [5.74, 6) is -0.201. The van der Waals surface area contributed by atoms with Gasteiger partial charge in [0.15, 0.2) is 0 Å². The highest BCUT2D eigenvalue weighted by atomic mass is 16.3. The van der Waals surface area contributed by atoms with Crippen molar-refractivity contribution in [2.75, 3.05) is 19.7 Å². The number of likely N-dealkylation sites (tertiary alicyclic amines) is 1. The van der Waals surface area contributed by atoms with Crippen LogP contribution >= 0.6 is 0 Å². The molecule has 0 aliphatic carbocycles. The molecule has 0 bridgehead atoms. The lowest BCUT2D eigenvalue weighted by Gasteiger charge is -2.35. The summed E-state index contributed by atoms with van der Waals surface area (Å²) in [6.45, 7) is 2.86. The molecule has 1 aliphatic heterocycles. The van der Waals surface area contributed by atoms with Crippen LogP contribution in [0.2, 0.25) is 0 Å². The van der Waals surface area contributed by atoms with E-state index in [9.17, 15) is 15.0 Å². The highest BCUT2D eigenvalue weighted by Crippen LogP contribution is 2.25. The van der Waals surface area contributed by atoms with E-state index in [2.05, 4.69) is 19.1 Å². The van der Waals surface area contributed by atoms with Crippen molar-refractivity contribution in [3.8, 4) is 11.1 Å². The average molecular weight is 325 g/mol. The molecular weight excluding hydrogens is 302 g/mol. The third-order valence-electron chi connectivity index (χ3n) is 4.81. The molecule has 1 aliphatic rings. The van der Waals surface area contributed by atoms with Crippen LogP contribution in [0.25, 0.3) is 11.1 Å². The van der Waals surface area contributed by atoms with Gasteiger partial charge in [0.1, 0.15) is 0 Å². The molecule has 126 valence electrons. The lowest BCUT2D eigenvalue weighted by atomic mass is 9.94. The largest absolute Gasteiger partial charge is 0.396 e. The van der Waals surface area contributed by atoms with Gasteiger partial charge in [0.25, 0.3) is 5.91 Å². The third-order valence-corrected chi connectivity index (χ3v) is 4.81. The zero-order valence-electron chi connectivity index (χ0n) is 13.9. The van der Waals surface area contributed by atoms with Crippen LogP contribution in [0.4, 0.5) is 0 Å². The predicted octanol–water partition coefficient (Wildman–Crippen LogP) is 2.48. The van der Waals surface area contributed by atoms with Gasteiger partial charge >= 0.3 is 0 Å². The van der Waals surface area contributed by atoms with Crippen molar-refractivity contribution in [1.29, 1.82) is 0 Å². The van der Waals surface area contributed by atoms with Crippen LogP contribution in [0.5, 0.6) is 0 Å². The van der Waals surface area contributed by atoms with Crippen LogP contribution in [0.1, 0.15) is 22.3 Å². The molecule has 0 spiro atoms. The summed E-state index contributed by atoms with van der Waals surface area (Å²) in [5, 5.41) is 19.3. The first-order valence-electron chi connectivity index (χ1n) is 8.34. The van der Waals surface area contributed by atoms with E-state index in [4.69, 9.17) is 0 Å². The summed E-state index contributed by atoms with van der Waals surface area (Å²) in [5.41, 5.74) is 3.93. The molecular formula is C20H23NO3. The zero-order valence-corrected chi connectivity index (χ0v) is 13.9.